The van der Waals surface area contributed by atoms with Gasteiger partial charge in [-0.3, -0.25) is 0 Å². The molecule has 1 rings (SSSR count). The van der Waals surface area contributed by atoms with Gasteiger partial charge in [-0.15, -0.1) is 0 Å². The van der Waals surface area contributed by atoms with Crippen molar-refractivity contribution in [2.24, 2.45) is 0 Å². The molecule has 19 heavy (non-hydrogen) atoms. The van der Waals surface area contributed by atoms with E-state index in [0.29, 0.717) is 4.47 Å². The number of halogens is 2. The van der Waals surface area contributed by atoms with E-state index in [2.05, 4.69) is 54.1 Å². The lowest BCUT2D eigenvalue weighted by Gasteiger charge is -2.43. The smallest absolute Gasteiger partial charge is 0.137 e. The topological polar surface area (TPSA) is 15.3 Å². The molecule has 2 unspecified atom stereocenters. The van der Waals surface area contributed by atoms with Gasteiger partial charge in [-0.05, 0) is 68.5 Å². The summed E-state index contributed by atoms with van der Waals surface area (Å²) in [7, 11) is 6.15. The molecule has 0 aromatic heterocycles. The van der Waals surface area contributed by atoms with Gasteiger partial charge in [-0.25, -0.2) is 4.39 Å². The molecule has 0 aliphatic heterocycles. The number of nitrogens with zero attached hydrogens (tertiary/aromatic N) is 1. The lowest BCUT2D eigenvalue weighted by molar-refractivity contribution is 0.116. The van der Waals surface area contributed by atoms with Crippen LogP contribution in [0.4, 0.5) is 4.39 Å². The van der Waals surface area contributed by atoms with Gasteiger partial charge in [-0.2, -0.15) is 0 Å². The Morgan fingerprint density at radius 3 is 2.53 bits per heavy atom. The Morgan fingerprint density at radius 2 is 2.05 bits per heavy atom. The van der Waals surface area contributed by atoms with Crippen molar-refractivity contribution >= 4 is 15.9 Å². The van der Waals surface area contributed by atoms with Gasteiger partial charge < -0.3 is 10.2 Å². The molecule has 1 aromatic carbocycles. The molecular formula is C15H24BrFN2. The average Bonchev–Trinajstić information content (AvgIpc) is 2.39. The minimum atomic E-state index is -0.199. The minimum Gasteiger partial charge on any atom is -0.315 e. The van der Waals surface area contributed by atoms with Crippen LogP contribution in [0.3, 0.4) is 0 Å². The van der Waals surface area contributed by atoms with E-state index in [1.54, 1.807) is 6.07 Å². The summed E-state index contributed by atoms with van der Waals surface area (Å²) in [5.41, 5.74) is 1.03. The number of hydrogen-bond acceptors (Lipinski definition) is 2. The number of nitrogens with one attached hydrogen (secondary N) is 1. The lowest BCUT2D eigenvalue weighted by atomic mass is 9.84. The van der Waals surface area contributed by atoms with E-state index in [9.17, 15) is 4.39 Å². The summed E-state index contributed by atoms with van der Waals surface area (Å²) >= 11 is 3.35. The second kappa shape index (κ2) is 6.82. The SMILES string of the molecule is CCC(C)(C(Cc1cccc(F)c1Br)NC)N(C)C. The van der Waals surface area contributed by atoms with Crippen molar-refractivity contribution in [3.63, 3.8) is 0 Å². The van der Waals surface area contributed by atoms with Crippen molar-refractivity contribution in [2.45, 2.75) is 38.3 Å². The molecule has 4 heteroatoms. The maximum absolute atomic E-state index is 13.6. The van der Waals surface area contributed by atoms with Gasteiger partial charge >= 0.3 is 0 Å². The van der Waals surface area contributed by atoms with E-state index in [4.69, 9.17) is 0 Å². The predicted molar refractivity (Wildman–Crippen MR) is 83.0 cm³/mol. The van der Waals surface area contributed by atoms with Crippen LogP contribution in [0.5, 0.6) is 0 Å². The molecule has 0 amide bonds. The molecule has 0 bridgehead atoms. The van der Waals surface area contributed by atoms with Crippen LogP contribution < -0.4 is 5.32 Å². The third-order valence-corrected chi connectivity index (χ3v) is 5.18. The van der Waals surface area contributed by atoms with Crippen LogP contribution in [0.15, 0.2) is 22.7 Å². The molecule has 0 aliphatic rings. The highest BCUT2D eigenvalue weighted by atomic mass is 79.9. The summed E-state index contributed by atoms with van der Waals surface area (Å²) < 4.78 is 14.2. The first kappa shape index (κ1) is 16.6. The molecule has 2 atom stereocenters. The van der Waals surface area contributed by atoms with E-state index >= 15 is 0 Å². The monoisotopic (exact) mass is 330 g/mol. The van der Waals surface area contributed by atoms with Crippen molar-refractivity contribution in [1.82, 2.24) is 10.2 Å². The summed E-state index contributed by atoms with van der Waals surface area (Å²) in [5, 5.41) is 3.39. The molecule has 0 heterocycles. The third-order valence-electron chi connectivity index (χ3n) is 4.29. The first-order valence-corrected chi connectivity index (χ1v) is 7.43. The van der Waals surface area contributed by atoms with Gasteiger partial charge in [0.1, 0.15) is 5.82 Å². The Morgan fingerprint density at radius 1 is 1.42 bits per heavy atom. The minimum absolute atomic E-state index is 0.0283. The molecule has 0 spiro atoms. The van der Waals surface area contributed by atoms with E-state index in [-0.39, 0.29) is 17.4 Å². The highest BCUT2D eigenvalue weighted by Gasteiger charge is 2.34. The van der Waals surface area contributed by atoms with Crippen molar-refractivity contribution < 1.29 is 4.39 Å². The first-order valence-electron chi connectivity index (χ1n) is 6.64. The molecule has 2 nitrogen and oxygen atoms in total. The summed E-state index contributed by atoms with van der Waals surface area (Å²) in [6.07, 6.45) is 1.82. The van der Waals surface area contributed by atoms with Crippen molar-refractivity contribution in [3.8, 4) is 0 Å². The highest BCUT2D eigenvalue weighted by molar-refractivity contribution is 9.10. The zero-order valence-corrected chi connectivity index (χ0v) is 14.0. The molecule has 0 saturated carbocycles. The van der Waals surface area contributed by atoms with Crippen LogP contribution in [0.25, 0.3) is 0 Å². The maximum atomic E-state index is 13.6. The van der Waals surface area contributed by atoms with E-state index in [1.165, 1.54) is 6.07 Å². The summed E-state index contributed by atoms with van der Waals surface area (Å²) in [5.74, 6) is -0.199. The molecule has 0 fully saturated rings. The Labute approximate surface area is 124 Å². The average molecular weight is 331 g/mol. The van der Waals surface area contributed by atoms with Crippen molar-refractivity contribution in [2.75, 3.05) is 21.1 Å². The van der Waals surface area contributed by atoms with Gasteiger partial charge in [0, 0.05) is 11.6 Å². The largest absolute Gasteiger partial charge is 0.315 e. The predicted octanol–water partition coefficient (Wildman–Crippen LogP) is 3.45. The number of benzene rings is 1. The Hall–Kier alpha value is -0.450. The van der Waals surface area contributed by atoms with Crippen LogP contribution in [-0.2, 0) is 6.42 Å². The molecule has 0 saturated heterocycles. The van der Waals surface area contributed by atoms with Gasteiger partial charge in [0.2, 0.25) is 0 Å². The zero-order chi connectivity index (χ0) is 14.6. The zero-order valence-electron chi connectivity index (χ0n) is 12.4. The van der Waals surface area contributed by atoms with Crippen LogP contribution in [0.2, 0.25) is 0 Å². The van der Waals surface area contributed by atoms with Crippen molar-refractivity contribution in [3.05, 3.63) is 34.1 Å². The second-order valence-electron chi connectivity index (χ2n) is 5.36. The summed E-state index contributed by atoms with van der Waals surface area (Å²) in [4.78, 5) is 2.24. The third kappa shape index (κ3) is 3.56. The fourth-order valence-corrected chi connectivity index (χ4v) is 2.86. The summed E-state index contributed by atoms with van der Waals surface area (Å²) in [6, 6.07) is 5.47. The molecule has 108 valence electrons. The van der Waals surface area contributed by atoms with Gasteiger partial charge in [-0.1, -0.05) is 19.1 Å². The molecular weight excluding hydrogens is 307 g/mol. The fourth-order valence-electron chi connectivity index (χ4n) is 2.43. The molecule has 0 radical (unpaired) electrons. The van der Waals surface area contributed by atoms with Gasteiger partial charge in [0.15, 0.2) is 0 Å². The first-order chi connectivity index (χ1) is 8.86. The van der Waals surface area contributed by atoms with E-state index < -0.39 is 0 Å². The Balaban J connectivity index is 3.02. The normalized spacial score (nSPS) is 16.4. The van der Waals surface area contributed by atoms with E-state index in [0.717, 1.165) is 18.4 Å². The summed E-state index contributed by atoms with van der Waals surface area (Å²) in [6.45, 7) is 4.42. The fraction of sp³-hybridized carbons (Fsp3) is 0.600. The van der Waals surface area contributed by atoms with Crippen LogP contribution in [-0.4, -0.2) is 37.6 Å². The van der Waals surface area contributed by atoms with Crippen molar-refractivity contribution in [1.29, 1.82) is 0 Å². The van der Waals surface area contributed by atoms with Crippen LogP contribution >= 0.6 is 15.9 Å². The standard InChI is InChI=1S/C15H24BrFN2/c1-6-15(2,19(4)5)13(18-3)10-11-8-7-9-12(17)14(11)16/h7-9,13,18H,6,10H2,1-5H3. The quantitative estimate of drug-likeness (QED) is 0.859. The lowest BCUT2D eigenvalue weighted by Crippen LogP contribution is -2.57. The van der Waals surface area contributed by atoms with Gasteiger partial charge in [0.25, 0.3) is 0 Å². The second-order valence-corrected chi connectivity index (χ2v) is 6.16. The maximum Gasteiger partial charge on any atom is 0.137 e. The molecule has 1 N–H and O–H groups in total. The molecule has 0 aliphatic carbocycles. The Bertz CT molecular complexity index is 423. The number of rotatable bonds is 6. The molecule has 1 aromatic rings. The Kier molecular flexibility index (Phi) is 5.96. The van der Waals surface area contributed by atoms with Crippen LogP contribution in [0.1, 0.15) is 25.8 Å². The van der Waals surface area contributed by atoms with Gasteiger partial charge in [0.05, 0.1) is 4.47 Å². The number of hydrogen-bond donors (Lipinski definition) is 1. The van der Waals surface area contributed by atoms with E-state index in [1.807, 2.05) is 13.1 Å². The number of likely N-dealkylation sites (N-methyl/N-ethyl adjacent to an activating group) is 2. The van der Waals surface area contributed by atoms with Crippen LogP contribution in [0, 0.1) is 5.82 Å². The highest BCUT2D eigenvalue weighted by Crippen LogP contribution is 2.27.